The number of carbonyl (C=O) groups is 1. The van der Waals surface area contributed by atoms with Crippen LogP contribution in [0.15, 0.2) is 24.3 Å². The lowest BCUT2D eigenvalue weighted by Crippen LogP contribution is -2.55. The van der Waals surface area contributed by atoms with Crippen LogP contribution in [0.3, 0.4) is 0 Å². The predicted molar refractivity (Wildman–Crippen MR) is 96.3 cm³/mol. The molecule has 0 saturated heterocycles. The molecule has 23 heavy (non-hydrogen) atoms. The standard InChI is InChI=1S/C18H28N2O2.ClH/c1-14(15-6-8-16(22-2)9-7-15)10-13-20-17(21)18(19)11-4-3-5-12-18;/h6-9,14H,3-5,10-13,19H2,1-2H3,(H,20,21);1H. The van der Waals surface area contributed by atoms with Gasteiger partial charge in [0.2, 0.25) is 5.91 Å². The molecule has 0 spiro atoms. The Kier molecular flexibility index (Phi) is 7.86. The molecule has 1 saturated carbocycles. The van der Waals surface area contributed by atoms with Gasteiger partial charge in [0.1, 0.15) is 5.75 Å². The summed E-state index contributed by atoms with van der Waals surface area (Å²) in [5.41, 5.74) is 6.86. The molecule has 130 valence electrons. The van der Waals surface area contributed by atoms with E-state index in [1.807, 2.05) is 12.1 Å². The van der Waals surface area contributed by atoms with Crippen LogP contribution in [0, 0.1) is 0 Å². The maximum Gasteiger partial charge on any atom is 0.240 e. The van der Waals surface area contributed by atoms with Gasteiger partial charge in [0.05, 0.1) is 12.6 Å². The molecule has 1 aliphatic rings. The molecule has 5 heteroatoms. The van der Waals surface area contributed by atoms with Crippen molar-refractivity contribution < 1.29 is 9.53 Å². The van der Waals surface area contributed by atoms with Gasteiger partial charge in [-0.2, -0.15) is 0 Å². The molecule has 0 bridgehead atoms. The third-order valence-electron chi connectivity index (χ3n) is 4.75. The average Bonchev–Trinajstić information content (AvgIpc) is 2.55. The molecule has 0 aromatic heterocycles. The minimum Gasteiger partial charge on any atom is -0.497 e. The summed E-state index contributed by atoms with van der Waals surface area (Å²) < 4.78 is 5.17. The van der Waals surface area contributed by atoms with Crippen molar-refractivity contribution in [2.75, 3.05) is 13.7 Å². The Morgan fingerprint density at radius 1 is 1.26 bits per heavy atom. The van der Waals surface area contributed by atoms with Crippen molar-refractivity contribution in [3.8, 4) is 5.75 Å². The van der Waals surface area contributed by atoms with Crippen LogP contribution in [0.25, 0.3) is 0 Å². The summed E-state index contributed by atoms with van der Waals surface area (Å²) >= 11 is 0. The third kappa shape index (κ3) is 5.40. The third-order valence-corrected chi connectivity index (χ3v) is 4.75. The van der Waals surface area contributed by atoms with E-state index in [1.54, 1.807) is 7.11 Å². The molecule has 1 aromatic rings. The molecular formula is C18H29ClN2O2. The molecule has 1 amide bonds. The number of hydrogen-bond acceptors (Lipinski definition) is 3. The van der Waals surface area contributed by atoms with Crippen molar-refractivity contribution >= 4 is 18.3 Å². The number of hydrogen-bond donors (Lipinski definition) is 2. The molecule has 0 aliphatic heterocycles. The summed E-state index contributed by atoms with van der Waals surface area (Å²) in [7, 11) is 1.67. The Morgan fingerprint density at radius 3 is 2.43 bits per heavy atom. The van der Waals surface area contributed by atoms with E-state index >= 15 is 0 Å². The van der Waals surface area contributed by atoms with Crippen molar-refractivity contribution in [2.24, 2.45) is 5.73 Å². The van der Waals surface area contributed by atoms with Crippen LogP contribution in [0.2, 0.25) is 0 Å². The maximum absolute atomic E-state index is 12.3. The van der Waals surface area contributed by atoms with Gasteiger partial charge in [-0.1, -0.05) is 38.3 Å². The lowest BCUT2D eigenvalue weighted by atomic mass is 9.82. The topological polar surface area (TPSA) is 64.3 Å². The van der Waals surface area contributed by atoms with Gasteiger partial charge in [0.25, 0.3) is 0 Å². The van der Waals surface area contributed by atoms with Crippen LogP contribution >= 0.6 is 12.4 Å². The molecule has 1 aromatic carbocycles. The highest BCUT2D eigenvalue weighted by Crippen LogP contribution is 2.26. The minimum atomic E-state index is -0.637. The molecular weight excluding hydrogens is 312 g/mol. The summed E-state index contributed by atoms with van der Waals surface area (Å²) in [6, 6.07) is 8.11. The van der Waals surface area contributed by atoms with Gasteiger partial charge in [-0.3, -0.25) is 4.79 Å². The Balaban J connectivity index is 0.00000264. The highest BCUT2D eigenvalue weighted by atomic mass is 35.5. The highest BCUT2D eigenvalue weighted by molar-refractivity contribution is 5.86. The van der Waals surface area contributed by atoms with Gasteiger partial charge in [-0.05, 0) is 42.9 Å². The monoisotopic (exact) mass is 340 g/mol. The quantitative estimate of drug-likeness (QED) is 0.834. The fraction of sp³-hybridized carbons (Fsp3) is 0.611. The second-order valence-corrected chi connectivity index (χ2v) is 6.44. The maximum atomic E-state index is 12.3. The predicted octanol–water partition coefficient (Wildman–Crippen LogP) is 3.39. The average molecular weight is 341 g/mol. The lowest BCUT2D eigenvalue weighted by molar-refractivity contribution is -0.127. The SMILES string of the molecule is COc1ccc(C(C)CCNC(=O)C2(N)CCCCC2)cc1.Cl. The van der Waals surface area contributed by atoms with Crippen molar-refractivity contribution in [1.82, 2.24) is 5.32 Å². The van der Waals surface area contributed by atoms with E-state index < -0.39 is 5.54 Å². The molecule has 3 N–H and O–H groups in total. The zero-order valence-corrected chi connectivity index (χ0v) is 15.0. The van der Waals surface area contributed by atoms with Crippen molar-refractivity contribution in [1.29, 1.82) is 0 Å². The molecule has 1 fully saturated rings. The van der Waals surface area contributed by atoms with Gasteiger partial charge in [0.15, 0.2) is 0 Å². The number of rotatable bonds is 6. The molecule has 4 nitrogen and oxygen atoms in total. The Hall–Kier alpha value is -1.26. The lowest BCUT2D eigenvalue weighted by Gasteiger charge is -2.32. The van der Waals surface area contributed by atoms with Gasteiger partial charge < -0.3 is 15.8 Å². The highest BCUT2D eigenvalue weighted by Gasteiger charge is 2.34. The number of nitrogens with two attached hydrogens (primary N) is 1. The van der Waals surface area contributed by atoms with Gasteiger partial charge >= 0.3 is 0 Å². The van der Waals surface area contributed by atoms with Gasteiger partial charge in [-0.25, -0.2) is 0 Å². The van der Waals surface area contributed by atoms with Crippen LogP contribution < -0.4 is 15.8 Å². The van der Waals surface area contributed by atoms with E-state index in [2.05, 4.69) is 24.4 Å². The molecule has 0 heterocycles. The minimum absolute atomic E-state index is 0. The first-order valence-corrected chi connectivity index (χ1v) is 8.26. The first-order chi connectivity index (χ1) is 10.5. The van der Waals surface area contributed by atoms with Crippen molar-refractivity contribution in [3.63, 3.8) is 0 Å². The second kappa shape index (κ2) is 9.14. The molecule has 0 radical (unpaired) electrons. The van der Waals surface area contributed by atoms with Crippen LogP contribution in [0.1, 0.15) is 56.9 Å². The van der Waals surface area contributed by atoms with Crippen LogP contribution in [-0.4, -0.2) is 25.1 Å². The second-order valence-electron chi connectivity index (χ2n) is 6.44. The fourth-order valence-electron chi connectivity index (χ4n) is 3.09. The number of amides is 1. The molecule has 2 rings (SSSR count). The number of ether oxygens (including phenoxy) is 1. The number of methoxy groups -OCH3 is 1. The van der Waals surface area contributed by atoms with Crippen LogP contribution in [-0.2, 0) is 4.79 Å². The first-order valence-electron chi connectivity index (χ1n) is 8.26. The zero-order valence-electron chi connectivity index (χ0n) is 14.1. The van der Waals surface area contributed by atoms with E-state index in [9.17, 15) is 4.79 Å². The van der Waals surface area contributed by atoms with E-state index in [0.29, 0.717) is 12.5 Å². The van der Waals surface area contributed by atoms with Crippen molar-refractivity contribution in [2.45, 2.75) is 56.9 Å². The van der Waals surface area contributed by atoms with Gasteiger partial charge in [-0.15, -0.1) is 12.4 Å². The Morgan fingerprint density at radius 2 is 1.87 bits per heavy atom. The summed E-state index contributed by atoms with van der Waals surface area (Å²) in [6.07, 6.45) is 5.85. The fourth-order valence-corrected chi connectivity index (χ4v) is 3.09. The smallest absolute Gasteiger partial charge is 0.240 e. The summed E-state index contributed by atoms with van der Waals surface area (Å²) in [5.74, 6) is 1.28. The Bertz CT molecular complexity index is 484. The zero-order chi connectivity index (χ0) is 16.0. The number of benzene rings is 1. The normalized spacial score (nSPS) is 17.7. The van der Waals surface area contributed by atoms with E-state index in [4.69, 9.17) is 10.5 Å². The number of nitrogens with one attached hydrogen (secondary N) is 1. The Labute approximate surface area is 145 Å². The van der Waals surface area contributed by atoms with E-state index in [1.165, 1.54) is 12.0 Å². The van der Waals surface area contributed by atoms with Crippen LogP contribution in [0.4, 0.5) is 0 Å². The number of carbonyl (C=O) groups excluding carboxylic acids is 1. The van der Waals surface area contributed by atoms with Crippen molar-refractivity contribution in [3.05, 3.63) is 29.8 Å². The first kappa shape index (κ1) is 19.8. The van der Waals surface area contributed by atoms with E-state index in [-0.39, 0.29) is 18.3 Å². The summed E-state index contributed by atoms with van der Waals surface area (Å²) in [4.78, 5) is 12.3. The molecule has 1 aliphatic carbocycles. The molecule has 1 unspecified atom stereocenters. The van der Waals surface area contributed by atoms with E-state index in [0.717, 1.165) is 37.9 Å². The number of halogens is 1. The largest absolute Gasteiger partial charge is 0.497 e. The summed E-state index contributed by atoms with van der Waals surface area (Å²) in [6.45, 7) is 2.85. The van der Waals surface area contributed by atoms with Gasteiger partial charge in [0, 0.05) is 6.54 Å². The summed E-state index contributed by atoms with van der Waals surface area (Å²) in [5, 5.41) is 3.03. The molecule has 1 atom stereocenters. The van der Waals surface area contributed by atoms with Crippen LogP contribution in [0.5, 0.6) is 5.75 Å².